The minimum atomic E-state index is -4.29. The Balaban J connectivity index is 1.77. The molecule has 0 spiro atoms. The fourth-order valence-corrected chi connectivity index (χ4v) is 3.63. The lowest BCUT2D eigenvalue weighted by Crippen LogP contribution is -2.49. The molecular weight excluding hydrogens is 511 g/mol. The normalized spacial score (nSPS) is 15.5. The molecule has 1 aliphatic heterocycles. The molecule has 4 N–H and O–H groups in total. The first-order chi connectivity index (χ1) is 16.8. The zero-order valence-electron chi connectivity index (χ0n) is 18.7. The van der Waals surface area contributed by atoms with Gasteiger partial charge in [0.2, 0.25) is 0 Å². The van der Waals surface area contributed by atoms with Crippen molar-refractivity contribution < 1.29 is 31.5 Å². The Morgan fingerprint density at radius 2 is 1.81 bits per heavy atom. The van der Waals surface area contributed by atoms with Gasteiger partial charge in [-0.2, -0.15) is 13.2 Å². The van der Waals surface area contributed by atoms with Crippen molar-refractivity contribution in [3.8, 4) is 5.75 Å². The van der Waals surface area contributed by atoms with Gasteiger partial charge < -0.3 is 26.1 Å². The molecule has 0 unspecified atom stereocenters. The number of hydrogen-bond acceptors (Lipinski definition) is 7. The lowest BCUT2D eigenvalue weighted by Gasteiger charge is -2.36. The number of anilines is 2. The van der Waals surface area contributed by atoms with Crippen LogP contribution in [0.2, 0.25) is 0 Å². The second kappa shape index (κ2) is 11.1. The number of nitrogens with two attached hydrogens (primary N) is 1. The van der Waals surface area contributed by atoms with E-state index >= 15 is 0 Å². The highest BCUT2D eigenvalue weighted by atomic mass is 35.5. The predicted molar refractivity (Wildman–Crippen MR) is 126 cm³/mol. The predicted octanol–water partition coefficient (Wildman–Crippen LogP) is 4.14. The fourth-order valence-electron chi connectivity index (χ4n) is 3.54. The summed E-state index contributed by atoms with van der Waals surface area (Å²) in [5.74, 6) is -0.414. The molecule has 8 nitrogen and oxygen atoms in total. The second-order valence-electron chi connectivity index (χ2n) is 7.79. The van der Waals surface area contributed by atoms with Gasteiger partial charge in [-0.25, -0.2) is 4.98 Å². The van der Waals surface area contributed by atoms with Crippen LogP contribution in [0.1, 0.15) is 15.9 Å². The summed E-state index contributed by atoms with van der Waals surface area (Å²) in [6.07, 6.45) is -0.742. The highest BCUT2D eigenvalue weighted by molar-refractivity contribution is 6.20. The quantitative estimate of drug-likeness (QED) is 0.268. The van der Waals surface area contributed by atoms with Gasteiger partial charge in [0.1, 0.15) is 11.6 Å². The number of alkyl halides is 6. The molecule has 3 rings (SSSR count). The smallest absolute Gasteiger partial charge is 0.420 e. The Hall–Kier alpha value is -3.45. The van der Waals surface area contributed by atoms with Crippen LogP contribution in [-0.4, -0.2) is 66.5 Å². The third-order valence-electron chi connectivity index (χ3n) is 5.12. The largest absolute Gasteiger partial charge is 0.487 e. The van der Waals surface area contributed by atoms with Gasteiger partial charge in [0, 0.05) is 67.1 Å². The lowest BCUT2D eigenvalue weighted by molar-refractivity contribution is -0.146. The summed E-state index contributed by atoms with van der Waals surface area (Å²) in [5, 5.41) is 9.88. The van der Waals surface area contributed by atoms with Crippen LogP contribution >= 0.6 is 11.6 Å². The van der Waals surface area contributed by atoms with Crippen LogP contribution < -0.4 is 20.7 Å². The van der Waals surface area contributed by atoms with E-state index in [1.165, 1.54) is 47.5 Å². The van der Waals surface area contributed by atoms with Crippen molar-refractivity contribution >= 4 is 40.9 Å². The average molecular weight is 533 g/mol. The van der Waals surface area contributed by atoms with Gasteiger partial charge >= 0.3 is 11.7 Å². The van der Waals surface area contributed by atoms with Crippen LogP contribution in [0, 0.1) is 5.41 Å². The number of piperazine rings is 1. The molecule has 14 heteroatoms. The van der Waals surface area contributed by atoms with Crippen molar-refractivity contribution in [3.05, 3.63) is 53.7 Å². The van der Waals surface area contributed by atoms with E-state index < -0.39 is 24.2 Å². The van der Waals surface area contributed by atoms with Gasteiger partial charge in [0.15, 0.2) is 0 Å². The van der Waals surface area contributed by atoms with E-state index in [4.69, 9.17) is 22.7 Å². The summed E-state index contributed by atoms with van der Waals surface area (Å²) in [5.41, 5.74) is 3.07. The SMILES string of the molecule is N=C/C=C(\N)c1cc(C(=O)Nc2ccc(OC(F)(F)Cl)cc2)cnc1N1CCN(CC(F)(F)F)CC1. The monoisotopic (exact) mass is 532 g/mol. The number of nitrogens with one attached hydrogen (secondary N) is 2. The zero-order chi connectivity index (χ0) is 26.5. The number of nitrogens with zero attached hydrogens (tertiary/aromatic N) is 3. The molecule has 194 valence electrons. The molecule has 1 aromatic carbocycles. The number of carbonyl (C=O) groups excluding carboxylic acids is 1. The summed E-state index contributed by atoms with van der Waals surface area (Å²) >= 11 is 4.72. The molecule has 1 saturated heterocycles. The molecule has 0 atom stereocenters. The Morgan fingerprint density at radius 3 is 2.36 bits per heavy atom. The highest BCUT2D eigenvalue weighted by Crippen LogP contribution is 2.28. The van der Waals surface area contributed by atoms with E-state index in [-0.39, 0.29) is 48.9 Å². The number of aromatic nitrogens is 1. The van der Waals surface area contributed by atoms with E-state index in [9.17, 15) is 26.7 Å². The Morgan fingerprint density at radius 1 is 1.17 bits per heavy atom. The molecule has 0 aliphatic carbocycles. The van der Waals surface area contributed by atoms with Crippen molar-refractivity contribution in [1.29, 1.82) is 5.41 Å². The number of halogens is 6. The molecule has 2 heterocycles. The number of ether oxygens (including phenoxy) is 1. The minimum absolute atomic E-state index is 0.110. The maximum Gasteiger partial charge on any atom is 0.487 e. The van der Waals surface area contributed by atoms with E-state index in [2.05, 4.69) is 15.0 Å². The van der Waals surface area contributed by atoms with Crippen molar-refractivity contribution in [2.75, 3.05) is 42.9 Å². The lowest BCUT2D eigenvalue weighted by atomic mass is 10.1. The molecule has 1 aromatic heterocycles. The zero-order valence-corrected chi connectivity index (χ0v) is 19.4. The Labute approximate surface area is 208 Å². The number of allylic oxidation sites excluding steroid dienone is 1. The molecular formula is C22H22ClF5N6O2. The van der Waals surface area contributed by atoms with Gasteiger partial charge in [-0.15, -0.1) is 8.78 Å². The standard InChI is InChI=1S/C22H22ClF5N6O2/c23-22(27,28)36-16-3-1-15(2-4-16)32-20(35)14-11-17(18(30)5-6-29)19(31-12-14)34-9-7-33(8-10-34)13-21(24,25)26/h1-6,11-12,29H,7-10,13,30H2,(H,32,35)/b18-5-,29-6?. The fraction of sp³-hybridized carbons (Fsp3) is 0.318. The van der Waals surface area contributed by atoms with Gasteiger partial charge in [-0.05, 0) is 36.4 Å². The van der Waals surface area contributed by atoms with Gasteiger partial charge in [0.25, 0.3) is 5.91 Å². The molecule has 0 radical (unpaired) electrons. The third-order valence-corrected chi connectivity index (χ3v) is 5.20. The maximum absolute atomic E-state index is 12.8. The van der Waals surface area contributed by atoms with E-state index in [1.807, 2.05) is 0 Å². The second-order valence-corrected chi connectivity index (χ2v) is 8.23. The van der Waals surface area contributed by atoms with Gasteiger partial charge in [-0.1, -0.05) is 0 Å². The van der Waals surface area contributed by atoms with E-state index in [0.29, 0.717) is 11.4 Å². The molecule has 36 heavy (non-hydrogen) atoms. The number of hydrogen-bond donors (Lipinski definition) is 3. The van der Waals surface area contributed by atoms with Crippen LogP contribution in [-0.2, 0) is 0 Å². The molecule has 0 saturated carbocycles. The molecule has 1 fully saturated rings. The number of rotatable bonds is 8. The summed E-state index contributed by atoms with van der Waals surface area (Å²) < 4.78 is 67.7. The molecule has 2 aromatic rings. The van der Waals surface area contributed by atoms with E-state index in [0.717, 1.165) is 6.21 Å². The average Bonchev–Trinajstić information content (AvgIpc) is 2.79. The van der Waals surface area contributed by atoms with Gasteiger partial charge in [0.05, 0.1) is 12.1 Å². The Kier molecular flexibility index (Phi) is 8.35. The first-order valence-corrected chi connectivity index (χ1v) is 10.9. The third kappa shape index (κ3) is 7.78. The van der Waals surface area contributed by atoms with E-state index in [1.54, 1.807) is 4.90 Å². The van der Waals surface area contributed by atoms with Crippen LogP contribution in [0.4, 0.5) is 33.5 Å². The number of carbonyl (C=O) groups is 1. The maximum atomic E-state index is 12.8. The van der Waals surface area contributed by atoms with Crippen molar-refractivity contribution in [2.45, 2.75) is 11.7 Å². The van der Waals surface area contributed by atoms with Crippen LogP contribution in [0.3, 0.4) is 0 Å². The number of benzene rings is 1. The van der Waals surface area contributed by atoms with Crippen molar-refractivity contribution in [3.63, 3.8) is 0 Å². The number of pyridine rings is 1. The molecule has 1 aliphatic rings. The van der Waals surface area contributed by atoms with Crippen molar-refractivity contribution in [1.82, 2.24) is 9.88 Å². The minimum Gasteiger partial charge on any atom is -0.420 e. The summed E-state index contributed by atoms with van der Waals surface area (Å²) in [7, 11) is 0. The van der Waals surface area contributed by atoms with Crippen LogP contribution in [0.25, 0.3) is 5.70 Å². The van der Waals surface area contributed by atoms with Crippen LogP contribution in [0.15, 0.2) is 42.6 Å². The topological polar surface area (TPSA) is 108 Å². The van der Waals surface area contributed by atoms with Crippen LogP contribution in [0.5, 0.6) is 5.75 Å². The summed E-state index contributed by atoms with van der Waals surface area (Å²) in [4.78, 5) is 20.2. The summed E-state index contributed by atoms with van der Waals surface area (Å²) in [6, 6.07) is 6.52. The number of amides is 1. The van der Waals surface area contributed by atoms with Gasteiger partial charge in [-0.3, -0.25) is 9.69 Å². The molecule has 0 bridgehead atoms. The molecule has 1 amide bonds. The highest BCUT2D eigenvalue weighted by Gasteiger charge is 2.33. The summed E-state index contributed by atoms with van der Waals surface area (Å²) in [6.45, 7) is -0.166. The Bertz CT molecular complexity index is 1110. The van der Waals surface area contributed by atoms with Crippen molar-refractivity contribution in [2.24, 2.45) is 5.73 Å². The first-order valence-electron chi connectivity index (χ1n) is 10.5. The first kappa shape index (κ1) is 27.1.